The molecule has 4 nitrogen and oxygen atoms in total. The van der Waals surface area contributed by atoms with Crippen LogP contribution in [0.5, 0.6) is 0 Å². The summed E-state index contributed by atoms with van der Waals surface area (Å²) in [6.45, 7) is 0.752. The zero-order chi connectivity index (χ0) is 12.3. The molecule has 1 N–H and O–H groups in total. The Balaban J connectivity index is 1.95. The van der Waals surface area contributed by atoms with Gasteiger partial charge in [-0.3, -0.25) is 4.68 Å². The van der Waals surface area contributed by atoms with E-state index in [-0.39, 0.29) is 0 Å². The van der Waals surface area contributed by atoms with E-state index in [1.54, 1.807) is 0 Å². The zero-order valence-electron chi connectivity index (χ0n) is 10.5. The summed E-state index contributed by atoms with van der Waals surface area (Å²) in [6, 6.07) is 10.4. The van der Waals surface area contributed by atoms with Gasteiger partial charge < -0.3 is 10.2 Å². The fourth-order valence-corrected chi connectivity index (χ4v) is 1.63. The minimum absolute atomic E-state index is 0.752. The molecular formula is C13H18N4. The van der Waals surface area contributed by atoms with Crippen LogP contribution in [0.2, 0.25) is 0 Å². The number of aryl methyl sites for hydroxylation is 1. The summed E-state index contributed by atoms with van der Waals surface area (Å²) in [4.78, 5) is 2.09. The van der Waals surface area contributed by atoms with Crippen LogP contribution in [0.25, 0.3) is 0 Å². The van der Waals surface area contributed by atoms with Gasteiger partial charge in [-0.1, -0.05) is 0 Å². The third-order valence-electron chi connectivity index (χ3n) is 2.63. The molecule has 0 bridgehead atoms. The van der Waals surface area contributed by atoms with E-state index in [9.17, 15) is 0 Å². The van der Waals surface area contributed by atoms with Crippen LogP contribution in [0.1, 0.15) is 5.69 Å². The summed E-state index contributed by atoms with van der Waals surface area (Å²) in [6.07, 6.45) is 1.95. The highest BCUT2D eigenvalue weighted by molar-refractivity contribution is 5.54. The van der Waals surface area contributed by atoms with E-state index in [1.165, 1.54) is 5.69 Å². The Morgan fingerprint density at radius 1 is 1.18 bits per heavy atom. The second-order valence-corrected chi connectivity index (χ2v) is 4.28. The average molecular weight is 230 g/mol. The zero-order valence-corrected chi connectivity index (χ0v) is 10.5. The summed E-state index contributed by atoms with van der Waals surface area (Å²) in [5.74, 6) is 0. The smallest absolute Gasteiger partial charge is 0.0815 e. The molecule has 1 aromatic heterocycles. The fourth-order valence-electron chi connectivity index (χ4n) is 1.63. The number of rotatable bonds is 4. The predicted octanol–water partition coefficient (Wildman–Crippen LogP) is 2.10. The van der Waals surface area contributed by atoms with Crippen molar-refractivity contribution in [3.8, 4) is 0 Å². The lowest BCUT2D eigenvalue weighted by molar-refractivity contribution is 0.747. The van der Waals surface area contributed by atoms with Crippen LogP contribution in [0.15, 0.2) is 36.5 Å². The third kappa shape index (κ3) is 3.00. The maximum Gasteiger partial charge on any atom is 0.0815 e. The van der Waals surface area contributed by atoms with Gasteiger partial charge in [0.1, 0.15) is 0 Å². The summed E-state index contributed by atoms with van der Waals surface area (Å²) in [5.41, 5.74) is 3.36. The SMILES string of the molecule is CN(C)c1ccc(NCc2ccn(C)n2)cc1. The number of hydrogen-bond acceptors (Lipinski definition) is 3. The molecule has 90 valence electrons. The lowest BCUT2D eigenvalue weighted by Crippen LogP contribution is -2.08. The molecule has 0 unspecified atom stereocenters. The lowest BCUT2D eigenvalue weighted by Gasteiger charge is -2.13. The summed E-state index contributed by atoms with van der Waals surface area (Å²) >= 11 is 0. The van der Waals surface area contributed by atoms with Gasteiger partial charge in [0.2, 0.25) is 0 Å². The van der Waals surface area contributed by atoms with Crippen molar-refractivity contribution in [2.24, 2.45) is 7.05 Å². The Kier molecular flexibility index (Phi) is 3.32. The maximum absolute atomic E-state index is 4.32. The lowest BCUT2D eigenvalue weighted by atomic mass is 10.2. The highest BCUT2D eigenvalue weighted by atomic mass is 15.3. The Labute approximate surface area is 102 Å². The molecular weight excluding hydrogens is 212 g/mol. The Morgan fingerprint density at radius 3 is 2.41 bits per heavy atom. The molecule has 0 saturated heterocycles. The molecule has 0 atom stereocenters. The second kappa shape index (κ2) is 4.91. The van der Waals surface area contributed by atoms with E-state index in [2.05, 4.69) is 39.6 Å². The van der Waals surface area contributed by atoms with E-state index in [0.29, 0.717) is 0 Å². The van der Waals surface area contributed by atoms with Gasteiger partial charge in [-0.05, 0) is 30.3 Å². The Hall–Kier alpha value is -1.97. The number of nitrogens with zero attached hydrogens (tertiary/aromatic N) is 3. The van der Waals surface area contributed by atoms with E-state index >= 15 is 0 Å². The number of aromatic nitrogens is 2. The molecule has 0 aliphatic rings. The van der Waals surface area contributed by atoms with E-state index in [0.717, 1.165) is 17.9 Å². The van der Waals surface area contributed by atoms with Gasteiger partial charge in [0.05, 0.1) is 12.2 Å². The van der Waals surface area contributed by atoms with Crippen LogP contribution in [0.3, 0.4) is 0 Å². The standard InChI is InChI=1S/C13H18N4/c1-16(2)13-6-4-11(5-7-13)14-10-12-8-9-17(3)15-12/h4-9,14H,10H2,1-3H3. The first-order valence-corrected chi connectivity index (χ1v) is 5.65. The van der Waals surface area contributed by atoms with Crippen LogP contribution in [-0.2, 0) is 13.6 Å². The molecule has 1 aromatic carbocycles. The molecule has 0 spiro atoms. The molecule has 1 heterocycles. The molecule has 0 aliphatic heterocycles. The third-order valence-corrected chi connectivity index (χ3v) is 2.63. The minimum Gasteiger partial charge on any atom is -0.379 e. The van der Waals surface area contributed by atoms with E-state index < -0.39 is 0 Å². The number of hydrogen-bond donors (Lipinski definition) is 1. The highest BCUT2D eigenvalue weighted by Crippen LogP contribution is 2.16. The van der Waals surface area contributed by atoms with E-state index in [4.69, 9.17) is 0 Å². The number of anilines is 2. The highest BCUT2D eigenvalue weighted by Gasteiger charge is 1.98. The Morgan fingerprint density at radius 2 is 1.88 bits per heavy atom. The summed E-state index contributed by atoms with van der Waals surface area (Å²) in [7, 11) is 6.00. The van der Waals surface area contributed by atoms with Crippen molar-refractivity contribution in [1.82, 2.24) is 9.78 Å². The normalized spacial score (nSPS) is 10.3. The first-order valence-electron chi connectivity index (χ1n) is 5.65. The molecule has 4 heteroatoms. The van der Waals surface area contributed by atoms with Gasteiger partial charge in [0.25, 0.3) is 0 Å². The monoisotopic (exact) mass is 230 g/mol. The van der Waals surface area contributed by atoms with Gasteiger partial charge in [-0.15, -0.1) is 0 Å². The van der Waals surface area contributed by atoms with Crippen LogP contribution in [0.4, 0.5) is 11.4 Å². The Bertz CT molecular complexity index is 470. The molecule has 0 amide bonds. The van der Waals surface area contributed by atoms with Gasteiger partial charge in [0, 0.05) is 38.7 Å². The van der Waals surface area contributed by atoms with Gasteiger partial charge in [0.15, 0.2) is 0 Å². The molecule has 2 rings (SSSR count). The molecule has 0 aliphatic carbocycles. The van der Waals surface area contributed by atoms with Crippen LogP contribution in [0, 0.1) is 0 Å². The summed E-state index contributed by atoms with van der Waals surface area (Å²) < 4.78 is 1.81. The topological polar surface area (TPSA) is 33.1 Å². The predicted molar refractivity (Wildman–Crippen MR) is 71.3 cm³/mol. The first-order chi connectivity index (χ1) is 8.15. The van der Waals surface area contributed by atoms with Crippen LogP contribution < -0.4 is 10.2 Å². The molecule has 0 fully saturated rings. The van der Waals surface area contributed by atoms with Crippen molar-refractivity contribution in [2.75, 3.05) is 24.3 Å². The number of nitrogens with one attached hydrogen (secondary N) is 1. The molecule has 0 radical (unpaired) electrons. The summed E-state index contributed by atoms with van der Waals surface area (Å²) in [5, 5.41) is 7.66. The average Bonchev–Trinajstić information content (AvgIpc) is 2.73. The largest absolute Gasteiger partial charge is 0.379 e. The molecule has 0 saturated carbocycles. The van der Waals surface area contributed by atoms with Crippen LogP contribution in [-0.4, -0.2) is 23.9 Å². The van der Waals surface area contributed by atoms with Crippen molar-refractivity contribution >= 4 is 11.4 Å². The van der Waals surface area contributed by atoms with Crippen molar-refractivity contribution in [3.63, 3.8) is 0 Å². The second-order valence-electron chi connectivity index (χ2n) is 4.28. The van der Waals surface area contributed by atoms with E-state index in [1.807, 2.05) is 38.1 Å². The maximum atomic E-state index is 4.32. The van der Waals surface area contributed by atoms with Crippen molar-refractivity contribution in [2.45, 2.75) is 6.54 Å². The fraction of sp³-hybridized carbons (Fsp3) is 0.308. The number of benzene rings is 1. The molecule has 17 heavy (non-hydrogen) atoms. The van der Waals surface area contributed by atoms with Crippen molar-refractivity contribution in [1.29, 1.82) is 0 Å². The van der Waals surface area contributed by atoms with Crippen LogP contribution >= 0.6 is 0 Å². The van der Waals surface area contributed by atoms with Crippen molar-refractivity contribution < 1.29 is 0 Å². The van der Waals surface area contributed by atoms with Gasteiger partial charge in [-0.25, -0.2) is 0 Å². The quantitative estimate of drug-likeness (QED) is 0.873. The minimum atomic E-state index is 0.752. The van der Waals surface area contributed by atoms with Gasteiger partial charge >= 0.3 is 0 Å². The molecule has 2 aromatic rings. The van der Waals surface area contributed by atoms with Gasteiger partial charge in [-0.2, -0.15) is 5.10 Å². The van der Waals surface area contributed by atoms with Crippen molar-refractivity contribution in [3.05, 3.63) is 42.2 Å². The first kappa shape index (κ1) is 11.5.